The SMILES string of the molecule is O=C(O)n1c2nc3nc(nc4[nH]c(nc5nc(nc1c1ccccc12)-c1ccccc1-5)c1ccccc41)-c1ccccc1-3. The van der Waals surface area contributed by atoms with E-state index in [2.05, 4.69) is 4.98 Å². The molecule has 0 saturated heterocycles. The highest BCUT2D eigenvalue weighted by Crippen LogP contribution is 2.37. The zero-order chi connectivity index (χ0) is 28.7. The van der Waals surface area contributed by atoms with Crippen LogP contribution >= 0.6 is 0 Å². The van der Waals surface area contributed by atoms with Crippen molar-refractivity contribution < 1.29 is 9.90 Å². The van der Waals surface area contributed by atoms with Crippen molar-refractivity contribution in [2.75, 3.05) is 0 Å². The minimum absolute atomic E-state index is 0.206. The van der Waals surface area contributed by atoms with E-state index in [0.717, 1.165) is 37.6 Å². The number of H-pyrrole nitrogens is 1. The van der Waals surface area contributed by atoms with Gasteiger partial charge in [-0.15, -0.1) is 0 Å². The fourth-order valence-electron chi connectivity index (χ4n) is 5.88. The summed E-state index contributed by atoms with van der Waals surface area (Å²) in [5.74, 6) is 1.64. The lowest BCUT2D eigenvalue weighted by Crippen LogP contribution is -2.09. The topological polar surface area (TPSA) is 135 Å². The third-order valence-corrected chi connectivity index (χ3v) is 7.80. The Labute approximate surface area is 242 Å². The molecular formula is C33H18N8O2. The van der Waals surface area contributed by atoms with Crippen LogP contribution in [0.15, 0.2) is 97.1 Å². The van der Waals surface area contributed by atoms with Gasteiger partial charge < -0.3 is 10.1 Å². The average Bonchev–Trinajstić information content (AvgIpc) is 3.75. The van der Waals surface area contributed by atoms with Gasteiger partial charge in [0.1, 0.15) is 11.3 Å². The summed E-state index contributed by atoms with van der Waals surface area (Å²) < 4.78 is 1.10. The fourth-order valence-corrected chi connectivity index (χ4v) is 5.88. The summed E-state index contributed by atoms with van der Waals surface area (Å²) in [6.07, 6.45) is -1.22. The Balaban J connectivity index is 1.56. The Morgan fingerprint density at radius 1 is 0.488 bits per heavy atom. The molecule has 2 aliphatic rings. The summed E-state index contributed by atoms with van der Waals surface area (Å²) >= 11 is 0. The highest BCUT2D eigenvalue weighted by atomic mass is 16.4. The first kappa shape index (κ1) is 23.4. The Bertz CT molecular complexity index is 2350. The van der Waals surface area contributed by atoms with E-state index in [1.165, 1.54) is 0 Å². The van der Waals surface area contributed by atoms with Gasteiger partial charge in [0, 0.05) is 43.8 Å². The molecule has 2 N–H and O–H groups in total. The summed E-state index contributed by atoms with van der Waals surface area (Å²) in [7, 11) is 0. The first-order valence-corrected chi connectivity index (χ1v) is 13.6. The fraction of sp³-hybridized carbons (Fsp3) is 0. The van der Waals surface area contributed by atoms with Crippen LogP contribution in [0.25, 0.3) is 89.7 Å². The minimum atomic E-state index is -1.22. The molecule has 7 aromatic rings. The van der Waals surface area contributed by atoms with E-state index in [4.69, 9.17) is 29.9 Å². The number of hydrogen-bond acceptors (Lipinski definition) is 7. The minimum Gasteiger partial charge on any atom is -0.464 e. The number of carbonyl (C=O) groups is 1. The molecule has 0 fully saturated rings. The van der Waals surface area contributed by atoms with Crippen molar-refractivity contribution >= 4 is 50.2 Å². The van der Waals surface area contributed by atoms with E-state index >= 15 is 0 Å². The summed E-state index contributed by atoms with van der Waals surface area (Å²) in [5, 5.41) is 13.5. The zero-order valence-electron chi connectivity index (χ0n) is 22.2. The van der Waals surface area contributed by atoms with E-state index in [1.54, 1.807) is 0 Å². The molecule has 9 rings (SSSR count). The number of benzene rings is 4. The molecule has 3 aromatic heterocycles. The number of nitrogens with zero attached hydrogens (tertiary/aromatic N) is 7. The van der Waals surface area contributed by atoms with Crippen molar-refractivity contribution in [2.45, 2.75) is 0 Å². The molecule has 8 bridgehead atoms. The number of hydrogen-bond donors (Lipinski definition) is 2. The smallest absolute Gasteiger partial charge is 0.418 e. The average molecular weight is 559 g/mol. The Morgan fingerprint density at radius 3 is 1.23 bits per heavy atom. The molecule has 202 valence electrons. The van der Waals surface area contributed by atoms with Gasteiger partial charge in [0.2, 0.25) is 0 Å². The lowest BCUT2D eigenvalue weighted by Gasteiger charge is -1.99. The molecule has 10 heteroatoms. The van der Waals surface area contributed by atoms with Crippen LogP contribution in [0.4, 0.5) is 4.79 Å². The van der Waals surface area contributed by atoms with Crippen molar-refractivity contribution in [3.05, 3.63) is 97.1 Å². The van der Waals surface area contributed by atoms with E-state index in [-0.39, 0.29) is 11.3 Å². The monoisotopic (exact) mass is 558 g/mol. The Morgan fingerprint density at radius 2 is 0.837 bits per heavy atom. The molecular weight excluding hydrogens is 540 g/mol. The van der Waals surface area contributed by atoms with Crippen LogP contribution < -0.4 is 0 Å². The molecule has 0 spiro atoms. The van der Waals surface area contributed by atoms with Crippen LogP contribution in [0.5, 0.6) is 0 Å². The van der Waals surface area contributed by atoms with Crippen LogP contribution in [-0.4, -0.2) is 50.7 Å². The van der Waals surface area contributed by atoms with Crippen molar-refractivity contribution in [2.24, 2.45) is 0 Å². The number of aromatic amines is 1. The standard InChI is InChI=1S/C33H18N8O2/c42-33(43)41-31-23-15-7-8-16-24(23)32(41)40-30-22-14-6-4-12-20(22)28(38-30)36-26-18-10-2-1-9-17(18)25(34-26)35-27-19-11-3-5-13-21(19)29(37-27)39-31/h1-16H,(H,42,43)(H,34,35,36,37,38,39,40). The van der Waals surface area contributed by atoms with Gasteiger partial charge in [-0.2, -0.15) is 0 Å². The maximum Gasteiger partial charge on any atom is 0.418 e. The van der Waals surface area contributed by atoms with Crippen LogP contribution in [-0.2, 0) is 0 Å². The second-order valence-corrected chi connectivity index (χ2v) is 10.2. The number of fused-ring (bicyclic) bond motifs is 20. The van der Waals surface area contributed by atoms with Crippen LogP contribution in [0, 0.1) is 0 Å². The van der Waals surface area contributed by atoms with Gasteiger partial charge in [0.05, 0.1) is 0 Å². The molecule has 2 aliphatic heterocycles. The summed E-state index contributed by atoms with van der Waals surface area (Å²) in [5.41, 5.74) is 4.68. The van der Waals surface area contributed by atoms with Crippen LogP contribution in [0.1, 0.15) is 0 Å². The molecule has 5 heterocycles. The Kier molecular flexibility index (Phi) is 4.69. The highest BCUT2D eigenvalue weighted by molar-refractivity contribution is 6.10. The van der Waals surface area contributed by atoms with Gasteiger partial charge in [-0.05, 0) is 0 Å². The number of rotatable bonds is 0. The van der Waals surface area contributed by atoms with E-state index in [0.29, 0.717) is 45.4 Å². The van der Waals surface area contributed by atoms with Gasteiger partial charge in [-0.3, -0.25) is 0 Å². The normalized spacial score (nSPS) is 11.9. The molecule has 10 nitrogen and oxygen atoms in total. The molecule has 43 heavy (non-hydrogen) atoms. The maximum absolute atomic E-state index is 12.9. The van der Waals surface area contributed by atoms with Crippen molar-refractivity contribution in [1.29, 1.82) is 0 Å². The summed E-state index contributed by atoms with van der Waals surface area (Å²) in [6.45, 7) is 0. The van der Waals surface area contributed by atoms with Gasteiger partial charge in [0.15, 0.2) is 34.6 Å². The Hall–Kier alpha value is -6.29. The van der Waals surface area contributed by atoms with Crippen molar-refractivity contribution in [1.82, 2.24) is 39.5 Å². The van der Waals surface area contributed by atoms with E-state index in [1.807, 2.05) is 97.1 Å². The highest BCUT2D eigenvalue weighted by Gasteiger charge is 2.24. The third-order valence-electron chi connectivity index (χ3n) is 7.80. The number of carboxylic acid groups (broad SMARTS) is 1. The predicted molar refractivity (Wildman–Crippen MR) is 163 cm³/mol. The van der Waals surface area contributed by atoms with E-state index in [9.17, 15) is 9.90 Å². The van der Waals surface area contributed by atoms with Gasteiger partial charge in [-0.25, -0.2) is 39.3 Å². The molecule has 4 aromatic carbocycles. The molecule has 0 radical (unpaired) electrons. The quantitative estimate of drug-likeness (QED) is 0.206. The van der Waals surface area contributed by atoms with Gasteiger partial charge in [-0.1, -0.05) is 97.1 Å². The van der Waals surface area contributed by atoms with Gasteiger partial charge in [0.25, 0.3) is 0 Å². The van der Waals surface area contributed by atoms with E-state index < -0.39 is 6.09 Å². The lowest BCUT2D eigenvalue weighted by atomic mass is 10.1. The van der Waals surface area contributed by atoms with Gasteiger partial charge >= 0.3 is 6.09 Å². The predicted octanol–water partition coefficient (Wildman–Crippen LogP) is 6.87. The first-order valence-electron chi connectivity index (χ1n) is 13.6. The summed E-state index contributed by atoms with van der Waals surface area (Å²) in [4.78, 5) is 45.6. The lowest BCUT2D eigenvalue weighted by molar-refractivity contribution is 0.198. The van der Waals surface area contributed by atoms with Crippen molar-refractivity contribution in [3.63, 3.8) is 0 Å². The molecule has 0 saturated carbocycles. The van der Waals surface area contributed by atoms with Crippen molar-refractivity contribution in [3.8, 4) is 45.6 Å². The first-order chi connectivity index (χ1) is 21.1. The largest absolute Gasteiger partial charge is 0.464 e. The second-order valence-electron chi connectivity index (χ2n) is 10.2. The summed E-state index contributed by atoms with van der Waals surface area (Å²) in [6, 6.07) is 30.5. The molecule has 0 amide bonds. The van der Waals surface area contributed by atoms with Crippen LogP contribution in [0.2, 0.25) is 0 Å². The molecule has 0 atom stereocenters. The van der Waals surface area contributed by atoms with Crippen LogP contribution in [0.3, 0.4) is 0 Å². The third kappa shape index (κ3) is 3.37. The number of nitrogens with one attached hydrogen (secondary N) is 1. The maximum atomic E-state index is 12.9. The molecule has 0 aliphatic carbocycles. The zero-order valence-corrected chi connectivity index (χ0v) is 22.2. The number of aromatic nitrogens is 8. The second kappa shape index (κ2) is 8.60. The molecule has 0 unspecified atom stereocenters.